The number of likely N-dealkylation sites (N-methyl/N-ethyl adjacent to an activating group) is 2. The summed E-state index contributed by atoms with van der Waals surface area (Å²) in [6.45, 7) is 60.6. The third kappa shape index (κ3) is 43.9. The van der Waals surface area contributed by atoms with Crippen molar-refractivity contribution >= 4 is 18.5 Å². The van der Waals surface area contributed by atoms with Crippen LogP contribution in [0.3, 0.4) is 0 Å². The van der Waals surface area contributed by atoms with Crippen LogP contribution in [-0.2, 0) is 6.42 Å². The van der Waals surface area contributed by atoms with Crippen molar-refractivity contribution in [2.45, 2.75) is 167 Å². The standard InChI is InChI=1S/C16H22N4.C13H15N.C10H12.C9H11F.C9H19N3.C4H10.5C2H6.C2H4.2CH5N/c1-14(19-11-8-17-9-12-19)13-15-3-5-16(6-4-15)20-10-2-7-18-20;1-4-12-5-7-13(8-6-12)11(2)9-10-14-3;1-8-2-4-9(5-3-8)10-6-7-10;10-9-5-3-8(4-6-9)7-1-2-7;1-9(8-10-2)12-6-4-11(3)5-7-12;1-3-4-2;8*1-2/h2-6,10,17-18H,1,7-9,11-13H2;4-11H,1,3H2,2H3;2-5,10H,6-7H2,1H3;3,5,7H,1-2,4,6H2;10H,1,4-8H2,2-3H3;3-4H2,1-2H3;5*1-2H3;1-2H2;2*2H2,1H3/b;10-9-;;;;;;;;;;;;. The number of hydrogen-bond donors (Lipinski definition) is 5. The number of aryl methyl sites for hydroxylation is 1. The van der Waals surface area contributed by atoms with E-state index in [-0.39, 0.29) is 5.83 Å². The van der Waals surface area contributed by atoms with Crippen LogP contribution in [0.15, 0.2) is 170 Å². The van der Waals surface area contributed by atoms with Crippen LogP contribution in [0.4, 0.5) is 10.1 Å². The SMILES string of the molecule is C=C.C=C(CNC)N1CCN(C)CC1.C=C(Cc1ccc(N2C=CCN2)cc1)N1CCNCC1.C=Cc1ccc(C(C)/C=C\N=C)cc1.CC.CC.CC.CC.CC.CCCC.CN.CN.Cc1ccc(C2CC2)cc1.FC1=CC=C(C2CC2)CC1. The van der Waals surface area contributed by atoms with Crippen LogP contribution in [0, 0.1) is 12.8 Å². The Morgan fingerprint density at radius 2 is 1.22 bits per heavy atom. The highest BCUT2D eigenvalue weighted by molar-refractivity contribution is 5.50. The van der Waals surface area contributed by atoms with Gasteiger partial charge in [-0.25, -0.2) is 9.82 Å². The Bertz CT molecular complexity index is 2120. The monoisotopic (exact) mass is 1190 g/mol. The van der Waals surface area contributed by atoms with Gasteiger partial charge in [0.2, 0.25) is 0 Å². The number of unbranched alkanes of at least 4 members (excludes halogenated alkanes) is 1. The minimum atomic E-state index is 0.0457. The summed E-state index contributed by atoms with van der Waals surface area (Å²) < 4.78 is 12.5. The average Bonchev–Trinajstić information content (AvgIpc) is 4.71. The summed E-state index contributed by atoms with van der Waals surface area (Å²) in [6.07, 6.45) is 24.0. The zero-order valence-corrected chi connectivity index (χ0v) is 58.6. The first-order chi connectivity index (χ1) is 42.0. The Balaban J connectivity index is -0.000000300. The topological polar surface area (TPSA) is 113 Å². The van der Waals surface area contributed by atoms with Crippen molar-refractivity contribution in [1.29, 1.82) is 0 Å². The molecule has 1 unspecified atom stereocenters. The molecule has 0 radical (unpaired) electrons. The number of nitrogens with one attached hydrogen (secondary N) is 3. The maximum absolute atomic E-state index is 12.5. The van der Waals surface area contributed by atoms with E-state index in [1.54, 1.807) is 12.3 Å². The number of rotatable bonds is 14. The number of benzene rings is 3. The smallest absolute Gasteiger partial charge is 0.100 e. The highest BCUT2D eigenvalue weighted by atomic mass is 19.1. The molecule has 11 heteroatoms. The van der Waals surface area contributed by atoms with Crippen LogP contribution in [0.2, 0.25) is 0 Å². The van der Waals surface area contributed by atoms with Gasteiger partial charge in [-0.1, -0.05) is 219 Å². The van der Waals surface area contributed by atoms with E-state index in [4.69, 9.17) is 0 Å². The highest BCUT2D eigenvalue weighted by Crippen LogP contribution is 2.41. The van der Waals surface area contributed by atoms with Gasteiger partial charge < -0.3 is 36.8 Å². The number of piperazine rings is 2. The fourth-order valence-electron chi connectivity index (χ4n) is 7.99. The van der Waals surface area contributed by atoms with Gasteiger partial charge in [0.1, 0.15) is 5.83 Å². The van der Waals surface area contributed by atoms with E-state index in [1.807, 2.05) is 94.5 Å². The molecule has 2 saturated heterocycles. The lowest BCUT2D eigenvalue weighted by Gasteiger charge is -2.35. The predicted octanol–water partition coefficient (Wildman–Crippen LogP) is 17.8. The number of nitrogens with two attached hydrogens (primary N) is 2. The van der Waals surface area contributed by atoms with Crippen molar-refractivity contribution in [2.75, 3.05) is 98.6 Å². The molecule has 6 aliphatic rings. The fraction of sp³-hybridized carbons (Fsp3) is 0.533. The number of hydrazine groups is 1. The van der Waals surface area contributed by atoms with Crippen molar-refractivity contribution < 1.29 is 4.39 Å². The first kappa shape index (κ1) is 89.1. The van der Waals surface area contributed by atoms with Gasteiger partial charge in [0.05, 0.1) is 5.69 Å². The van der Waals surface area contributed by atoms with Gasteiger partial charge in [0, 0.05) is 108 Å². The van der Waals surface area contributed by atoms with E-state index in [1.165, 1.54) is 97.5 Å². The molecule has 0 bridgehead atoms. The highest BCUT2D eigenvalue weighted by Gasteiger charge is 2.26. The molecule has 0 aromatic heterocycles. The second-order valence-corrected chi connectivity index (χ2v) is 19.1. The van der Waals surface area contributed by atoms with Crippen LogP contribution in [0.5, 0.6) is 0 Å². The first-order valence-corrected chi connectivity index (χ1v) is 32.8. The predicted molar refractivity (Wildman–Crippen MR) is 390 cm³/mol. The molecule has 10 nitrogen and oxygen atoms in total. The Kier molecular flexibility index (Phi) is 66.1. The normalized spacial score (nSPS) is 15.0. The summed E-state index contributed by atoms with van der Waals surface area (Å²) in [7, 11) is 7.12. The third-order valence-electron chi connectivity index (χ3n) is 13.2. The summed E-state index contributed by atoms with van der Waals surface area (Å²) in [4.78, 5) is 10.8. The van der Waals surface area contributed by atoms with Gasteiger partial charge in [-0.05, 0) is 126 Å². The maximum atomic E-state index is 12.5. The molecule has 0 spiro atoms. The third-order valence-corrected chi connectivity index (χ3v) is 13.2. The quantitative estimate of drug-likeness (QED) is 0.0796. The Morgan fingerprint density at radius 3 is 1.64 bits per heavy atom. The molecule has 0 amide bonds. The van der Waals surface area contributed by atoms with Gasteiger partial charge >= 0.3 is 0 Å². The van der Waals surface area contributed by atoms with Gasteiger partial charge in [-0.2, -0.15) is 0 Å². The van der Waals surface area contributed by atoms with Crippen molar-refractivity contribution in [1.82, 2.24) is 30.8 Å². The summed E-state index contributed by atoms with van der Waals surface area (Å²) in [5, 5.41) is 8.54. The molecule has 9 rings (SSSR count). The molecule has 3 heterocycles. The van der Waals surface area contributed by atoms with Crippen LogP contribution >= 0.6 is 0 Å². The first-order valence-electron chi connectivity index (χ1n) is 32.8. The molecule has 3 aliphatic heterocycles. The minimum absolute atomic E-state index is 0.0457. The average molecular weight is 1190 g/mol. The van der Waals surface area contributed by atoms with Crippen LogP contribution < -0.4 is 32.5 Å². The molecular formula is C75H133FN10. The largest absolute Gasteiger partial charge is 0.372 e. The van der Waals surface area contributed by atoms with Crippen LogP contribution in [-0.4, -0.2) is 115 Å². The lowest BCUT2D eigenvalue weighted by molar-refractivity contribution is 0.184. The lowest BCUT2D eigenvalue weighted by atomic mass is 10.00. The van der Waals surface area contributed by atoms with Gasteiger partial charge in [-0.15, -0.1) is 13.2 Å². The van der Waals surface area contributed by atoms with Crippen LogP contribution in [0.1, 0.15) is 181 Å². The van der Waals surface area contributed by atoms with E-state index in [0.717, 1.165) is 95.7 Å². The van der Waals surface area contributed by atoms with Crippen LogP contribution in [0.25, 0.3) is 6.08 Å². The molecule has 3 aromatic rings. The summed E-state index contributed by atoms with van der Waals surface area (Å²) in [5.41, 5.74) is 24.0. The van der Waals surface area contributed by atoms with Crippen molar-refractivity contribution in [3.8, 4) is 0 Å². The lowest BCUT2D eigenvalue weighted by Crippen LogP contribution is -2.44. The van der Waals surface area contributed by atoms with E-state index in [0.29, 0.717) is 12.3 Å². The van der Waals surface area contributed by atoms with Gasteiger partial charge in [0.15, 0.2) is 0 Å². The number of hydrogen-bond acceptors (Lipinski definition) is 10. The number of halogens is 1. The molecule has 4 fully saturated rings. The Hall–Kier alpha value is -5.66. The van der Waals surface area contributed by atoms with E-state index in [9.17, 15) is 4.39 Å². The maximum Gasteiger partial charge on any atom is 0.100 e. The number of allylic oxidation sites excluding steroid dienone is 6. The fourth-order valence-corrected chi connectivity index (χ4v) is 7.99. The van der Waals surface area contributed by atoms with E-state index < -0.39 is 0 Å². The van der Waals surface area contributed by atoms with Crippen molar-refractivity contribution in [2.24, 2.45) is 22.4 Å². The second kappa shape index (κ2) is 63.8. The number of nitrogens with zero attached hydrogens (tertiary/aromatic N) is 5. The molecule has 490 valence electrons. The summed E-state index contributed by atoms with van der Waals surface area (Å²) in [6, 6.07) is 26.0. The Morgan fingerprint density at radius 1 is 0.709 bits per heavy atom. The molecule has 3 aliphatic carbocycles. The summed E-state index contributed by atoms with van der Waals surface area (Å²) in [5.74, 6) is 2.15. The molecule has 7 N–H and O–H groups in total. The minimum Gasteiger partial charge on any atom is -0.372 e. The molecule has 2 saturated carbocycles. The second-order valence-electron chi connectivity index (χ2n) is 19.1. The zero-order chi connectivity index (χ0) is 66.5. The molecule has 1 atom stereocenters. The molecular weight excluding hydrogens is 1060 g/mol. The zero-order valence-electron chi connectivity index (χ0n) is 58.6. The molecule has 86 heavy (non-hydrogen) atoms. The van der Waals surface area contributed by atoms with Gasteiger partial charge in [0.25, 0.3) is 0 Å². The van der Waals surface area contributed by atoms with E-state index in [2.05, 4.69) is 212 Å². The summed E-state index contributed by atoms with van der Waals surface area (Å²) >= 11 is 0. The van der Waals surface area contributed by atoms with E-state index >= 15 is 0 Å². The van der Waals surface area contributed by atoms with Crippen molar-refractivity contribution in [3.63, 3.8) is 0 Å². The molecule has 3 aromatic carbocycles. The van der Waals surface area contributed by atoms with Crippen molar-refractivity contribution in [3.05, 3.63) is 193 Å². The Labute approximate surface area is 531 Å². The number of aliphatic imine (C=N–C) groups is 1. The van der Waals surface area contributed by atoms with Gasteiger partial charge in [-0.3, -0.25) is 10.0 Å². The number of anilines is 1.